The number of amides is 1. The number of aromatic nitrogens is 1. The third kappa shape index (κ3) is 5.39. The first-order valence-corrected chi connectivity index (χ1v) is 13.2. The fraction of sp³-hybridized carbons (Fsp3) is 0.333. The van der Waals surface area contributed by atoms with Crippen LogP contribution >= 0.6 is 22.7 Å². The molecular weight excluding hydrogens is 452 g/mol. The molecule has 1 aliphatic rings. The summed E-state index contributed by atoms with van der Waals surface area (Å²) in [5.41, 5.74) is 2.15. The van der Waals surface area contributed by atoms with E-state index in [4.69, 9.17) is 4.98 Å². The van der Waals surface area contributed by atoms with Crippen molar-refractivity contribution in [1.82, 2.24) is 19.5 Å². The van der Waals surface area contributed by atoms with Gasteiger partial charge >= 0.3 is 0 Å². The summed E-state index contributed by atoms with van der Waals surface area (Å²) in [6.45, 7) is 4.94. The molecular formula is C21H24N4O3S3. The highest BCUT2D eigenvalue weighted by Gasteiger charge is 2.28. The Morgan fingerprint density at radius 1 is 1.10 bits per heavy atom. The number of hydrogen-bond acceptors (Lipinski definition) is 7. The number of thiazole rings is 1. The molecule has 3 aromatic rings. The lowest BCUT2D eigenvalue weighted by molar-refractivity contribution is -0.134. The van der Waals surface area contributed by atoms with E-state index in [0.717, 1.165) is 47.2 Å². The summed E-state index contributed by atoms with van der Waals surface area (Å²) in [6.07, 6.45) is 0. The molecule has 4 rings (SSSR count). The van der Waals surface area contributed by atoms with Crippen molar-refractivity contribution in [3.8, 4) is 10.6 Å². The van der Waals surface area contributed by atoms with Gasteiger partial charge in [0.25, 0.3) is 10.0 Å². The molecule has 10 heteroatoms. The molecule has 0 bridgehead atoms. The molecule has 1 fully saturated rings. The average molecular weight is 477 g/mol. The lowest BCUT2D eigenvalue weighted by atomic mass is 10.2. The van der Waals surface area contributed by atoms with Crippen molar-refractivity contribution >= 4 is 38.6 Å². The average Bonchev–Trinajstić information content (AvgIpc) is 3.47. The minimum atomic E-state index is -3.67. The predicted molar refractivity (Wildman–Crippen MR) is 124 cm³/mol. The van der Waals surface area contributed by atoms with Crippen LogP contribution in [-0.4, -0.2) is 61.3 Å². The maximum atomic E-state index is 12.7. The highest BCUT2D eigenvalue weighted by atomic mass is 32.2. The maximum absolute atomic E-state index is 12.7. The zero-order valence-electron chi connectivity index (χ0n) is 17.1. The molecule has 0 aliphatic carbocycles. The van der Waals surface area contributed by atoms with Crippen molar-refractivity contribution in [3.63, 3.8) is 0 Å². The van der Waals surface area contributed by atoms with Gasteiger partial charge in [0.15, 0.2) is 0 Å². The zero-order chi connectivity index (χ0) is 21.8. The van der Waals surface area contributed by atoms with Crippen LogP contribution in [0.25, 0.3) is 10.6 Å². The van der Waals surface area contributed by atoms with Crippen molar-refractivity contribution in [1.29, 1.82) is 0 Å². The van der Waals surface area contributed by atoms with Gasteiger partial charge in [-0.15, -0.1) is 22.7 Å². The minimum absolute atomic E-state index is 0.195. The van der Waals surface area contributed by atoms with Gasteiger partial charge in [0.1, 0.15) is 9.22 Å². The summed E-state index contributed by atoms with van der Waals surface area (Å²) in [5, 5.41) is 4.79. The number of rotatable bonds is 7. The topological polar surface area (TPSA) is 82.6 Å². The van der Waals surface area contributed by atoms with Crippen LogP contribution in [0, 0.1) is 0 Å². The smallest absolute Gasteiger partial charge is 0.250 e. The van der Waals surface area contributed by atoms with E-state index in [1.54, 1.807) is 34.6 Å². The Hall–Kier alpha value is -2.11. The van der Waals surface area contributed by atoms with Crippen molar-refractivity contribution in [3.05, 3.63) is 58.9 Å². The van der Waals surface area contributed by atoms with Gasteiger partial charge in [-0.25, -0.2) is 13.4 Å². The Morgan fingerprint density at radius 2 is 1.84 bits per heavy atom. The van der Waals surface area contributed by atoms with Crippen LogP contribution in [0.2, 0.25) is 0 Å². The molecule has 1 amide bonds. The Bertz CT molecular complexity index is 1110. The quantitative estimate of drug-likeness (QED) is 0.567. The molecule has 1 N–H and O–H groups in total. The molecule has 7 nitrogen and oxygen atoms in total. The number of nitrogens with zero attached hydrogens (tertiary/aromatic N) is 3. The molecule has 0 saturated carbocycles. The number of nitrogens with one attached hydrogen (secondary N) is 1. The van der Waals surface area contributed by atoms with Crippen LogP contribution in [0.15, 0.2) is 57.4 Å². The standard InChI is InChI=1S/C21H24N4O3S3/c1-16(23-31(27,28)19-8-5-13-29-19)21(26)25-11-9-24(10-12-25)14-18-15-30-20(22-18)17-6-3-2-4-7-17/h2-8,13,15-16,23H,9-12,14H2,1H3/t16-/m1/s1. The van der Waals surface area contributed by atoms with Gasteiger partial charge in [0.05, 0.1) is 11.7 Å². The van der Waals surface area contributed by atoms with Crippen molar-refractivity contribution in [2.75, 3.05) is 26.2 Å². The molecule has 1 atom stereocenters. The van der Waals surface area contributed by atoms with Gasteiger partial charge in [0, 0.05) is 43.7 Å². The molecule has 1 aliphatic heterocycles. The van der Waals surface area contributed by atoms with Crippen molar-refractivity contribution < 1.29 is 13.2 Å². The van der Waals surface area contributed by atoms with E-state index in [1.165, 1.54) is 6.07 Å². The molecule has 164 valence electrons. The fourth-order valence-corrected chi connectivity index (χ4v) is 6.50. The van der Waals surface area contributed by atoms with E-state index >= 15 is 0 Å². The van der Waals surface area contributed by atoms with E-state index in [1.807, 2.05) is 18.2 Å². The SMILES string of the molecule is C[C@@H](NS(=O)(=O)c1cccs1)C(=O)N1CCN(Cc2csc(-c3ccccc3)n2)CC1. The van der Waals surface area contributed by atoms with E-state index in [-0.39, 0.29) is 10.1 Å². The highest BCUT2D eigenvalue weighted by Crippen LogP contribution is 2.24. The second-order valence-electron chi connectivity index (χ2n) is 7.39. The minimum Gasteiger partial charge on any atom is -0.339 e. The van der Waals surface area contributed by atoms with Gasteiger partial charge in [-0.05, 0) is 18.4 Å². The first-order valence-electron chi connectivity index (χ1n) is 9.99. The van der Waals surface area contributed by atoms with Crippen LogP contribution in [0.5, 0.6) is 0 Å². The predicted octanol–water partition coefficient (Wildman–Crippen LogP) is 2.88. The lowest BCUT2D eigenvalue weighted by Gasteiger charge is -2.35. The Labute approximate surface area is 190 Å². The molecule has 0 radical (unpaired) electrons. The fourth-order valence-electron chi connectivity index (χ4n) is 3.48. The Kier molecular flexibility index (Phi) is 6.83. The van der Waals surface area contributed by atoms with Crippen LogP contribution in [0.3, 0.4) is 0 Å². The van der Waals surface area contributed by atoms with Gasteiger partial charge in [-0.3, -0.25) is 9.69 Å². The van der Waals surface area contributed by atoms with Crippen LogP contribution < -0.4 is 4.72 Å². The normalized spacial score (nSPS) is 16.4. The van der Waals surface area contributed by atoms with Gasteiger partial charge in [-0.2, -0.15) is 4.72 Å². The van der Waals surface area contributed by atoms with E-state index < -0.39 is 16.1 Å². The Balaban J connectivity index is 1.28. The number of hydrogen-bond donors (Lipinski definition) is 1. The van der Waals surface area contributed by atoms with Gasteiger partial charge in [-0.1, -0.05) is 36.4 Å². The van der Waals surface area contributed by atoms with Crippen molar-refractivity contribution in [2.24, 2.45) is 0 Å². The third-order valence-corrected chi connectivity index (χ3v) is 8.98. The van der Waals surface area contributed by atoms with E-state index in [2.05, 4.69) is 27.1 Å². The van der Waals surface area contributed by atoms with Crippen LogP contribution in [0.4, 0.5) is 0 Å². The zero-order valence-corrected chi connectivity index (χ0v) is 19.5. The Morgan fingerprint density at radius 3 is 2.52 bits per heavy atom. The molecule has 1 aromatic carbocycles. The number of piperazine rings is 1. The summed E-state index contributed by atoms with van der Waals surface area (Å²) in [6, 6.07) is 12.5. The number of carbonyl (C=O) groups excluding carboxylic acids is 1. The van der Waals surface area contributed by atoms with Gasteiger partial charge < -0.3 is 4.90 Å². The van der Waals surface area contributed by atoms with E-state index in [0.29, 0.717) is 13.1 Å². The molecule has 2 aromatic heterocycles. The maximum Gasteiger partial charge on any atom is 0.250 e. The summed E-state index contributed by atoms with van der Waals surface area (Å²) < 4.78 is 27.4. The first kappa shape index (κ1) is 22.1. The molecule has 31 heavy (non-hydrogen) atoms. The molecule has 0 spiro atoms. The largest absolute Gasteiger partial charge is 0.339 e. The van der Waals surface area contributed by atoms with Crippen LogP contribution in [-0.2, 0) is 21.4 Å². The van der Waals surface area contributed by atoms with Gasteiger partial charge in [0.2, 0.25) is 5.91 Å². The summed E-state index contributed by atoms with van der Waals surface area (Å²) in [4.78, 5) is 21.5. The summed E-state index contributed by atoms with van der Waals surface area (Å²) in [5.74, 6) is -0.195. The number of benzene rings is 1. The highest BCUT2D eigenvalue weighted by molar-refractivity contribution is 7.91. The first-order chi connectivity index (χ1) is 14.9. The molecule has 3 heterocycles. The van der Waals surface area contributed by atoms with Crippen LogP contribution in [0.1, 0.15) is 12.6 Å². The van der Waals surface area contributed by atoms with Crippen molar-refractivity contribution in [2.45, 2.75) is 23.7 Å². The monoisotopic (exact) mass is 476 g/mol. The number of thiophene rings is 1. The second-order valence-corrected chi connectivity index (χ2v) is 11.1. The number of carbonyl (C=O) groups is 1. The summed E-state index contributed by atoms with van der Waals surface area (Å²) in [7, 11) is -3.67. The van der Waals surface area contributed by atoms with E-state index in [9.17, 15) is 13.2 Å². The molecule has 0 unspecified atom stereocenters. The summed E-state index contributed by atoms with van der Waals surface area (Å²) >= 11 is 2.77. The third-order valence-electron chi connectivity index (χ3n) is 5.10. The number of sulfonamides is 1. The lowest BCUT2D eigenvalue weighted by Crippen LogP contribution is -2.53. The second kappa shape index (κ2) is 9.58. The molecule has 1 saturated heterocycles.